The zero-order valence-corrected chi connectivity index (χ0v) is 14.3. The Bertz CT molecular complexity index is 751. The Morgan fingerprint density at radius 2 is 1.33 bits per heavy atom. The van der Waals surface area contributed by atoms with Crippen LogP contribution in [0.5, 0.6) is 0 Å². The summed E-state index contributed by atoms with van der Waals surface area (Å²) in [5.74, 6) is -1.98. The molecule has 24 heavy (non-hydrogen) atoms. The monoisotopic (exact) mass is 329 g/mol. The van der Waals surface area contributed by atoms with Gasteiger partial charge in [-0.15, -0.1) is 0 Å². The number of hydrogen-bond acceptors (Lipinski definition) is 3. The molecular formula is C19H23NO4. The van der Waals surface area contributed by atoms with Crippen LogP contribution in [0.25, 0.3) is 11.1 Å². The van der Waals surface area contributed by atoms with Gasteiger partial charge in [-0.1, -0.05) is 45.9 Å². The first-order valence-corrected chi connectivity index (χ1v) is 7.81. The van der Waals surface area contributed by atoms with Crippen LogP contribution in [0.3, 0.4) is 0 Å². The highest BCUT2D eigenvalue weighted by Crippen LogP contribution is 2.29. The predicted molar refractivity (Wildman–Crippen MR) is 95.6 cm³/mol. The van der Waals surface area contributed by atoms with Crippen molar-refractivity contribution >= 4 is 17.6 Å². The quantitative estimate of drug-likeness (QED) is 0.718. The second-order valence-corrected chi connectivity index (χ2v) is 5.37. The van der Waals surface area contributed by atoms with Gasteiger partial charge in [0.25, 0.3) is 0 Å². The summed E-state index contributed by atoms with van der Waals surface area (Å²) in [6, 6.07) is 9.78. The normalized spacial score (nSPS) is 10.0. The Morgan fingerprint density at radius 1 is 0.875 bits per heavy atom. The summed E-state index contributed by atoms with van der Waals surface area (Å²) in [5, 5.41) is 18.2. The van der Waals surface area contributed by atoms with Crippen molar-refractivity contribution in [2.75, 3.05) is 5.73 Å². The second kappa shape index (κ2) is 8.15. The maximum atomic E-state index is 11.3. The first-order valence-electron chi connectivity index (χ1n) is 7.81. The molecule has 0 bridgehead atoms. The lowest BCUT2D eigenvalue weighted by atomic mass is 9.92. The van der Waals surface area contributed by atoms with E-state index in [1.807, 2.05) is 33.8 Å². The molecule has 0 saturated heterocycles. The van der Waals surface area contributed by atoms with Crippen LogP contribution in [-0.4, -0.2) is 22.2 Å². The van der Waals surface area contributed by atoms with E-state index in [0.29, 0.717) is 0 Å². The molecule has 0 aliphatic carbocycles. The highest BCUT2D eigenvalue weighted by molar-refractivity contribution is 5.95. The van der Waals surface area contributed by atoms with Gasteiger partial charge < -0.3 is 15.9 Å². The third-order valence-electron chi connectivity index (χ3n) is 3.52. The van der Waals surface area contributed by atoms with Crippen molar-refractivity contribution in [2.45, 2.75) is 33.6 Å². The van der Waals surface area contributed by atoms with Crippen molar-refractivity contribution in [3.63, 3.8) is 0 Å². The third-order valence-corrected chi connectivity index (χ3v) is 3.52. The number of carbonyl (C=O) groups is 2. The van der Waals surface area contributed by atoms with E-state index >= 15 is 0 Å². The topological polar surface area (TPSA) is 101 Å². The van der Waals surface area contributed by atoms with E-state index in [1.54, 1.807) is 24.3 Å². The number of nitrogens with two attached hydrogens (primary N) is 1. The standard InChI is InChI=1S/C17H17NO4.C2H6/c1-9(2)14-7-10(3-5-12(14)16(19)20)11-4-6-13(17(21)22)15(18)8-11;1-2/h3-9H,18H2,1-2H3,(H,19,20)(H,21,22);1-2H3. The van der Waals surface area contributed by atoms with Gasteiger partial charge >= 0.3 is 11.9 Å². The molecule has 2 rings (SSSR count). The largest absolute Gasteiger partial charge is 0.478 e. The van der Waals surface area contributed by atoms with E-state index in [-0.39, 0.29) is 22.7 Å². The Hall–Kier alpha value is -2.82. The molecule has 0 aliphatic heterocycles. The SMILES string of the molecule is CC.CC(C)c1cc(-c2ccc(C(=O)O)c(N)c2)ccc1C(=O)O. The number of nitrogen functional groups attached to an aromatic ring is 1. The maximum Gasteiger partial charge on any atom is 0.337 e. The van der Waals surface area contributed by atoms with Crippen LogP contribution in [0.1, 0.15) is 59.9 Å². The Morgan fingerprint density at radius 3 is 1.75 bits per heavy atom. The van der Waals surface area contributed by atoms with Gasteiger partial charge in [0, 0.05) is 5.69 Å². The zero-order valence-electron chi connectivity index (χ0n) is 14.3. The molecule has 2 aromatic rings. The summed E-state index contributed by atoms with van der Waals surface area (Å²) in [5.41, 5.74) is 8.54. The third kappa shape index (κ3) is 4.13. The lowest BCUT2D eigenvalue weighted by molar-refractivity contribution is 0.0685. The summed E-state index contributed by atoms with van der Waals surface area (Å²) in [7, 11) is 0. The molecule has 0 atom stereocenters. The van der Waals surface area contributed by atoms with E-state index in [4.69, 9.17) is 10.8 Å². The average Bonchev–Trinajstić information content (AvgIpc) is 2.55. The van der Waals surface area contributed by atoms with E-state index < -0.39 is 11.9 Å². The minimum atomic E-state index is -1.08. The van der Waals surface area contributed by atoms with Crippen LogP contribution < -0.4 is 5.73 Å². The average molecular weight is 329 g/mol. The zero-order chi connectivity index (χ0) is 18.4. The van der Waals surface area contributed by atoms with Gasteiger partial charge in [-0.05, 0) is 40.8 Å². The Balaban J connectivity index is 0.00000139. The van der Waals surface area contributed by atoms with Gasteiger partial charge in [0.15, 0.2) is 0 Å². The summed E-state index contributed by atoms with van der Waals surface area (Å²) in [6.45, 7) is 7.85. The number of aromatic carboxylic acids is 2. The molecule has 0 amide bonds. The second-order valence-electron chi connectivity index (χ2n) is 5.37. The molecule has 5 nitrogen and oxygen atoms in total. The van der Waals surface area contributed by atoms with Crippen LogP contribution in [0.4, 0.5) is 5.69 Å². The number of benzene rings is 2. The molecular weight excluding hydrogens is 306 g/mol. The first kappa shape index (κ1) is 19.2. The molecule has 0 spiro atoms. The lowest BCUT2D eigenvalue weighted by Crippen LogP contribution is -2.04. The van der Waals surface area contributed by atoms with E-state index in [9.17, 15) is 14.7 Å². The van der Waals surface area contributed by atoms with Crippen LogP contribution in [0, 0.1) is 0 Å². The lowest BCUT2D eigenvalue weighted by Gasteiger charge is -2.13. The van der Waals surface area contributed by atoms with Crippen LogP contribution in [0.15, 0.2) is 36.4 Å². The summed E-state index contributed by atoms with van der Waals surface area (Å²) in [4.78, 5) is 22.2. The van der Waals surface area contributed by atoms with Gasteiger partial charge in [0.05, 0.1) is 11.1 Å². The molecule has 5 heteroatoms. The number of rotatable bonds is 4. The van der Waals surface area contributed by atoms with Gasteiger partial charge in [-0.3, -0.25) is 0 Å². The minimum Gasteiger partial charge on any atom is -0.478 e. The molecule has 0 saturated carbocycles. The fourth-order valence-corrected chi connectivity index (χ4v) is 2.35. The number of carboxylic acids is 2. The van der Waals surface area contributed by atoms with Crippen molar-refractivity contribution in [1.29, 1.82) is 0 Å². The van der Waals surface area contributed by atoms with Crippen molar-refractivity contribution in [3.05, 3.63) is 53.1 Å². The highest BCUT2D eigenvalue weighted by Gasteiger charge is 2.15. The van der Waals surface area contributed by atoms with E-state index in [2.05, 4.69) is 0 Å². The van der Waals surface area contributed by atoms with Gasteiger partial charge in [0.2, 0.25) is 0 Å². The van der Waals surface area contributed by atoms with Crippen molar-refractivity contribution < 1.29 is 19.8 Å². The van der Waals surface area contributed by atoms with Crippen LogP contribution >= 0.6 is 0 Å². The summed E-state index contributed by atoms with van der Waals surface area (Å²) >= 11 is 0. The maximum absolute atomic E-state index is 11.3. The first-order chi connectivity index (χ1) is 11.3. The molecule has 0 unspecified atom stereocenters. The van der Waals surface area contributed by atoms with Gasteiger partial charge in [0.1, 0.15) is 0 Å². The van der Waals surface area contributed by atoms with Crippen molar-refractivity contribution in [3.8, 4) is 11.1 Å². The molecule has 4 N–H and O–H groups in total. The molecule has 0 aliphatic rings. The van der Waals surface area contributed by atoms with E-state index in [0.717, 1.165) is 16.7 Å². The fourth-order valence-electron chi connectivity index (χ4n) is 2.35. The number of anilines is 1. The Labute approximate surface area is 141 Å². The fraction of sp³-hybridized carbons (Fsp3) is 0.263. The van der Waals surface area contributed by atoms with Crippen molar-refractivity contribution in [1.82, 2.24) is 0 Å². The van der Waals surface area contributed by atoms with Gasteiger partial charge in [-0.2, -0.15) is 0 Å². The molecule has 0 heterocycles. The number of carboxylic acid groups (broad SMARTS) is 2. The molecule has 2 aromatic carbocycles. The van der Waals surface area contributed by atoms with Crippen LogP contribution in [0.2, 0.25) is 0 Å². The predicted octanol–water partition coefficient (Wildman–Crippen LogP) is 4.48. The summed E-state index contributed by atoms with van der Waals surface area (Å²) < 4.78 is 0. The van der Waals surface area contributed by atoms with Gasteiger partial charge in [-0.25, -0.2) is 9.59 Å². The van der Waals surface area contributed by atoms with Crippen LogP contribution in [-0.2, 0) is 0 Å². The minimum absolute atomic E-state index is 0.0509. The highest BCUT2D eigenvalue weighted by atomic mass is 16.4. The smallest absolute Gasteiger partial charge is 0.337 e. The van der Waals surface area contributed by atoms with E-state index in [1.165, 1.54) is 6.07 Å². The molecule has 0 fully saturated rings. The molecule has 0 aromatic heterocycles. The summed E-state index contributed by atoms with van der Waals surface area (Å²) in [6.07, 6.45) is 0. The molecule has 0 radical (unpaired) electrons. The number of hydrogen-bond donors (Lipinski definition) is 3. The Kier molecular flexibility index (Phi) is 6.53. The van der Waals surface area contributed by atoms with Crippen molar-refractivity contribution in [2.24, 2.45) is 0 Å². The molecule has 128 valence electrons.